The maximum absolute atomic E-state index is 13.2. The van der Waals surface area contributed by atoms with Crippen LogP contribution in [0, 0.1) is 0 Å². The smallest absolute Gasteiger partial charge is 0.306 e. The van der Waals surface area contributed by atoms with E-state index in [0.717, 1.165) is 89.9 Å². The number of hydrogen-bond donors (Lipinski definition) is 3. The van der Waals surface area contributed by atoms with Gasteiger partial charge in [0.2, 0.25) is 5.91 Å². The van der Waals surface area contributed by atoms with Gasteiger partial charge in [0, 0.05) is 6.42 Å². The second-order valence-corrected chi connectivity index (χ2v) is 18.3. The number of carbonyl (C=O) groups is 2. The predicted molar refractivity (Wildman–Crippen MR) is 273 cm³/mol. The second kappa shape index (κ2) is 50.6. The molecule has 1 amide bonds. The third-order valence-electron chi connectivity index (χ3n) is 12.2. The molecule has 3 unspecified atom stereocenters. The number of allylic oxidation sites excluding steroid dienone is 10. The van der Waals surface area contributed by atoms with Crippen molar-refractivity contribution in [3.63, 3.8) is 0 Å². The van der Waals surface area contributed by atoms with E-state index in [1.807, 2.05) is 12.2 Å². The normalized spacial score (nSPS) is 13.7. The van der Waals surface area contributed by atoms with Gasteiger partial charge in [-0.05, 0) is 70.6 Å². The van der Waals surface area contributed by atoms with Crippen LogP contribution in [0.5, 0.6) is 0 Å². The summed E-state index contributed by atoms with van der Waals surface area (Å²) in [5.41, 5.74) is 0. The van der Waals surface area contributed by atoms with Crippen molar-refractivity contribution in [2.45, 2.75) is 283 Å². The van der Waals surface area contributed by atoms with Crippen molar-refractivity contribution in [3.8, 4) is 0 Å². The molecule has 366 valence electrons. The first-order chi connectivity index (χ1) is 31.0. The maximum atomic E-state index is 13.2. The van der Waals surface area contributed by atoms with Gasteiger partial charge in [-0.3, -0.25) is 9.59 Å². The lowest BCUT2D eigenvalue weighted by atomic mass is 10.0. The number of carbonyl (C=O) groups excluding carboxylic acids is 2. The van der Waals surface area contributed by atoms with Gasteiger partial charge in [-0.15, -0.1) is 0 Å². The van der Waals surface area contributed by atoms with Crippen molar-refractivity contribution in [2.75, 3.05) is 6.61 Å². The molecule has 0 radical (unpaired) electrons. The lowest BCUT2D eigenvalue weighted by Crippen LogP contribution is -2.46. The summed E-state index contributed by atoms with van der Waals surface area (Å²) in [6.07, 6.45) is 62.9. The van der Waals surface area contributed by atoms with E-state index in [4.69, 9.17) is 4.74 Å². The minimum absolute atomic E-state index is 0.0473. The molecule has 3 N–H and O–H groups in total. The SMILES string of the molecule is CC/C=C/C=C/C=C\CCCCCC(CC(=O)NC(CO)C(O)CCCCCCCCCCCCCCCCC)OC(=O)CCCCCCC/C=C/C=C/CCCCCCCCC. The van der Waals surface area contributed by atoms with Crippen molar-refractivity contribution in [1.82, 2.24) is 5.32 Å². The third kappa shape index (κ3) is 45.9. The first kappa shape index (κ1) is 60.6. The minimum atomic E-state index is -0.801. The number of rotatable bonds is 48. The molecular formula is C57H103NO5. The Bertz CT molecular complexity index is 1130. The molecule has 63 heavy (non-hydrogen) atoms. The molecule has 0 bridgehead atoms. The fraction of sp³-hybridized carbons (Fsp3) is 0.789. The summed E-state index contributed by atoms with van der Waals surface area (Å²) >= 11 is 0. The van der Waals surface area contributed by atoms with Crippen molar-refractivity contribution in [1.29, 1.82) is 0 Å². The Morgan fingerprint density at radius 3 is 1.32 bits per heavy atom. The molecule has 6 heteroatoms. The minimum Gasteiger partial charge on any atom is -0.462 e. The van der Waals surface area contributed by atoms with Gasteiger partial charge >= 0.3 is 5.97 Å². The number of ether oxygens (including phenoxy) is 1. The number of aliphatic hydroxyl groups excluding tert-OH is 2. The van der Waals surface area contributed by atoms with Crippen LogP contribution in [-0.4, -0.2) is 46.9 Å². The second-order valence-electron chi connectivity index (χ2n) is 18.3. The van der Waals surface area contributed by atoms with E-state index in [2.05, 4.69) is 74.7 Å². The van der Waals surface area contributed by atoms with Gasteiger partial charge in [-0.25, -0.2) is 0 Å². The fourth-order valence-corrected chi connectivity index (χ4v) is 8.07. The largest absolute Gasteiger partial charge is 0.462 e. The van der Waals surface area contributed by atoms with Gasteiger partial charge in [0.05, 0.1) is 25.2 Å². The topological polar surface area (TPSA) is 95.9 Å². The van der Waals surface area contributed by atoms with Gasteiger partial charge < -0.3 is 20.3 Å². The summed E-state index contributed by atoms with van der Waals surface area (Å²) in [6, 6.07) is -0.717. The molecule has 0 saturated heterocycles. The van der Waals surface area contributed by atoms with E-state index in [9.17, 15) is 19.8 Å². The van der Waals surface area contributed by atoms with Crippen LogP contribution >= 0.6 is 0 Å². The Balaban J connectivity index is 4.54. The summed E-state index contributed by atoms with van der Waals surface area (Å²) in [6.45, 7) is 6.34. The summed E-state index contributed by atoms with van der Waals surface area (Å²) in [4.78, 5) is 26.1. The predicted octanol–water partition coefficient (Wildman–Crippen LogP) is 16.4. The first-order valence-electron chi connectivity index (χ1n) is 27.1. The highest BCUT2D eigenvalue weighted by atomic mass is 16.5. The molecule has 0 aliphatic rings. The highest BCUT2D eigenvalue weighted by Gasteiger charge is 2.24. The Morgan fingerprint density at radius 1 is 0.476 bits per heavy atom. The molecule has 0 aromatic heterocycles. The monoisotopic (exact) mass is 882 g/mol. The summed E-state index contributed by atoms with van der Waals surface area (Å²) < 4.78 is 5.91. The average molecular weight is 882 g/mol. The van der Waals surface area contributed by atoms with Gasteiger partial charge in [-0.1, -0.05) is 242 Å². The molecule has 0 rings (SSSR count). The van der Waals surface area contributed by atoms with Crippen LogP contribution in [0.25, 0.3) is 0 Å². The maximum Gasteiger partial charge on any atom is 0.306 e. The summed E-state index contributed by atoms with van der Waals surface area (Å²) in [5, 5.41) is 23.8. The van der Waals surface area contributed by atoms with Crippen molar-refractivity contribution in [3.05, 3.63) is 60.8 Å². The van der Waals surface area contributed by atoms with E-state index in [0.29, 0.717) is 19.3 Å². The van der Waals surface area contributed by atoms with Gasteiger partial charge in [0.1, 0.15) is 6.10 Å². The zero-order valence-corrected chi connectivity index (χ0v) is 41.7. The molecule has 3 atom stereocenters. The Labute approximate surface area is 390 Å². The molecule has 0 saturated carbocycles. The van der Waals surface area contributed by atoms with Crippen LogP contribution in [-0.2, 0) is 14.3 Å². The van der Waals surface area contributed by atoms with Crippen LogP contribution in [0.1, 0.15) is 265 Å². The van der Waals surface area contributed by atoms with Gasteiger partial charge in [0.15, 0.2) is 0 Å². The number of amides is 1. The summed E-state index contributed by atoms with van der Waals surface area (Å²) in [7, 11) is 0. The number of unbranched alkanes of at least 4 members (excludes halogenated alkanes) is 29. The summed E-state index contributed by atoms with van der Waals surface area (Å²) in [5.74, 6) is -0.523. The van der Waals surface area contributed by atoms with Crippen LogP contribution in [0.4, 0.5) is 0 Å². The van der Waals surface area contributed by atoms with Crippen molar-refractivity contribution < 1.29 is 24.5 Å². The van der Waals surface area contributed by atoms with Crippen LogP contribution in [0.2, 0.25) is 0 Å². The molecule has 0 fully saturated rings. The standard InChI is InChI=1S/C57H103NO5/c1-4-7-10-13-16-19-22-24-26-27-28-30-32-35-38-41-44-47-50-57(62)63-53(48-45-42-39-36-33-21-18-15-12-9-6-3)51-56(61)58-54(52-59)55(60)49-46-43-40-37-34-31-29-25-23-20-17-14-11-8-5-2/h9,12,15,18,21,26-28,30,33,53-55,59-60H,4-8,10-11,13-14,16-17,19-20,22-25,29,31-32,34-52H2,1-3H3,(H,58,61)/b12-9+,18-15+,27-26+,30-28+,33-21-. The molecule has 6 nitrogen and oxygen atoms in total. The number of nitrogens with one attached hydrogen (secondary N) is 1. The molecule has 0 heterocycles. The molecule has 0 aromatic rings. The van der Waals surface area contributed by atoms with E-state index in [-0.39, 0.29) is 24.9 Å². The van der Waals surface area contributed by atoms with Crippen LogP contribution in [0.3, 0.4) is 0 Å². The zero-order chi connectivity index (χ0) is 45.9. The number of esters is 1. The average Bonchev–Trinajstić information content (AvgIpc) is 3.28. The third-order valence-corrected chi connectivity index (χ3v) is 12.2. The molecule has 0 aromatic carbocycles. The molecule has 0 spiro atoms. The molecular weight excluding hydrogens is 779 g/mol. The lowest BCUT2D eigenvalue weighted by Gasteiger charge is -2.24. The quantitative estimate of drug-likeness (QED) is 0.0321. The highest BCUT2D eigenvalue weighted by Crippen LogP contribution is 2.18. The van der Waals surface area contributed by atoms with E-state index in [1.54, 1.807) is 0 Å². The fourth-order valence-electron chi connectivity index (χ4n) is 8.07. The Kier molecular flexibility index (Phi) is 48.6. The molecule has 0 aliphatic heterocycles. The van der Waals surface area contributed by atoms with Crippen molar-refractivity contribution in [2.24, 2.45) is 0 Å². The Hall–Kier alpha value is -2.44. The van der Waals surface area contributed by atoms with E-state index in [1.165, 1.54) is 128 Å². The first-order valence-corrected chi connectivity index (χ1v) is 27.1. The highest BCUT2D eigenvalue weighted by molar-refractivity contribution is 5.77. The number of aliphatic hydroxyl groups is 2. The van der Waals surface area contributed by atoms with Crippen LogP contribution in [0.15, 0.2) is 60.8 Å². The van der Waals surface area contributed by atoms with Crippen molar-refractivity contribution >= 4 is 11.9 Å². The Morgan fingerprint density at radius 2 is 0.857 bits per heavy atom. The van der Waals surface area contributed by atoms with Crippen LogP contribution < -0.4 is 5.32 Å². The number of hydrogen-bond acceptors (Lipinski definition) is 5. The van der Waals surface area contributed by atoms with E-state index < -0.39 is 18.2 Å². The molecule has 0 aliphatic carbocycles. The van der Waals surface area contributed by atoms with Gasteiger partial charge in [0.25, 0.3) is 0 Å². The van der Waals surface area contributed by atoms with Gasteiger partial charge in [-0.2, -0.15) is 0 Å². The lowest BCUT2D eigenvalue weighted by molar-refractivity contribution is -0.151. The zero-order valence-electron chi connectivity index (χ0n) is 41.7. The van der Waals surface area contributed by atoms with E-state index >= 15 is 0 Å².